The van der Waals surface area contributed by atoms with Gasteiger partial charge >= 0.3 is 0 Å². The predicted molar refractivity (Wildman–Crippen MR) is 221 cm³/mol. The van der Waals surface area contributed by atoms with Crippen molar-refractivity contribution in [2.45, 2.75) is 6.17 Å². The first-order valence-electron chi connectivity index (χ1n) is 18.2. The van der Waals surface area contributed by atoms with Gasteiger partial charge in [-0.15, -0.1) is 0 Å². The van der Waals surface area contributed by atoms with Crippen LogP contribution in [0.3, 0.4) is 0 Å². The van der Waals surface area contributed by atoms with Crippen LogP contribution in [0.2, 0.25) is 0 Å². The number of nitrogens with zero attached hydrogens (tertiary/aromatic N) is 2. The summed E-state index contributed by atoms with van der Waals surface area (Å²) in [5.74, 6) is 1.39. The summed E-state index contributed by atoms with van der Waals surface area (Å²) in [6.07, 6.45) is -0.398. The van der Waals surface area contributed by atoms with Crippen LogP contribution in [-0.4, -0.2) is 11.7 Å². The minimum atomic E-state index is -0.398. The van der Waals surface area contributed by atoms with E-state index in [4.69, 9.17) is 18.8 Å². The highest BCUT2D eigenvalue weighted by Crippen LogP contribution is 2.40. The van der Waals surface area contributed by atoms with Gasteiger partial charge in [0.25, 0.3) is 0 Å². The average Bonchev–Trinajstić information content (AvgIpc) is 3.81. The van der Waals surface area contributed by atoms with Crippen LogP contribution in [0.25, 0.3) is 76.9 Å². The molecule has 5 nitrogen and oxygen atoms in total. The SMILES string of the molecule is c1ccc(C2=NC(c3ccc4cc(-c5ccccc5)ccc4c3)NC(c3c(-c4ccc5c(c4)oc4ccccc45)ccc4oc5ccccc5c34)=N2)cc1. The van der Waals surface area contributed by atoms with Crippen molar-refractivity contribution in [2.24, 2.45) is 9.98 Å². The van der Waals surface area contributed by atoms with Gasteiger partial charge in [0.1, 0.15) is 34.3 Å². The molecule has 0 amide bonds. The normalized spacial score (nSPS) is 14.5. The van der Waals surface area contributed by atoms with Crippen molar-refractivity contribution in [1.29, 1.82) is 0 Å². The van der Waals surface area contributed by atoms with Crippen molar-refractivity contribution in [3.63, 3.8) is 0 Å². The molecular formula is C49H31N3O2. The number of para-hydroxylation sites is 2. The Kier molecular flexibility index (Phi) is 6.85. The molecule has 3 heterocycles. The van der Waals surface area contributed by atoms with Gasteiger partial charge in [-0.05, 0) is 87.1 Å². The van der Waals surface area contributed by atoms with E-state index in [1.807, 2.05) is 54.6 Å². The second-order valence-electron chi connectivity index (χ2n) is 13.8. The number of benzene rings is 8. The fourth-order valence-electron chi connectivity index (χ4n) is 7.90. The second-order valence-corrected chi connectivity index (χ2v) is 13.8. The van der Waals surface area contributed by atoms with E-state index in [-0.39, 0.29) is 0 Å². The molecule has 0 radical (unpaired) electrons. The Morgan fingerprint density at radius 2 is 1.09 bits per heavy atom. The number of hydrogen-bond acceptors (Lipinski definition) is 5. The zero-order chi connectivity index (χ0) is 35.6. The van der Waals surface area contributed by atoms with Gasteiger partial charge in [-0.25, -0.2) is 9.98 Å². The van der Waals surface area contributed by atoms with Crippen LogP contribution in [0.4, 0.5) is 0 Å². The molecular weight excluding hydrogens is 663 g/mol. The largest absolute Gasteiger partial charge is 0.456 e. The molecule has 11 rings (SSSR count). The van der Waals surface area contributed by atoms with Crippen molar-refractivity contribution in [3.05, 3.63) is 193 Å². The molecule has 5 heteroatoms. The number of amidine groups is 2. The van der Waals surface area contributed by atoms with Gasteiger partial charge in [-0.3, -0.25) is 0 Å². The molecule has 1 N–H and O–H groups in total. The summed E-state index contributed by atoms with van der Waals surface area (Å²) in [4.78, 5) is 10.6. The summed E-state index contributed by atoms with van der Waals surface area (Å²) in [5.41, 5.74) is 10.7. The van der Waals surface area contributed by atoms with Gasteiger partial charge in [-0.1, -0.05) is 127 Å². The van der Waals surface area contributed by atoms with E-state index >= 15 is 0 Å². The van der Waals surface area contributed by atoms with E-state index in [2.05, 4.69) is 127 Å². The molecule has 0 fully saturated rings. The number of fused-ring (bicyclic) bond motifs is 7. The fraction of sp³-hybridized carbons (Fsp3) is 0.0204. The third-order valence-corrected chi connectivity index (χ3v) is 10.5. The Bertz CT molecular complexity index is 3140. The van der Waals surface area contributed by atoms with Gasteiger partial charge < -0.3 is 14.2 Å². The van der Waals surface area contributed by atoms with E-state index in [0.717, 1.165) is 82.9 Å². The predicted octanol–water partition coefficient (Wildman–Crippen LogP) is 12.5. The number of furan rings is 2. The molecule has 0 aliphatic carbocycles. The van der Waals surface area contributed by atoms with Gasteiger partial charge in [-0.2, -0.15) is 0 Å². The van der Waals surface area contributed by atoms with Crippen LogP contribution in [0, 0.1) is 0 Å². The standard InChI is InChI=1S/C49H31N3O2/c1-3-11-30(12-4-1)32-19-20-34-28-36(22-21-33(34)27-32)48-50-47(31-13-5-2-6-14-31)51-49(52-48)46-37(25-26-43-45(46)40-16-8-10-18-42(40)53-43)35-23-24-39-38-15-7-9-17-41(38)54-44(39)29-35/h1-29,48H,(H,50,51,52). The number of rotatable bonds is 5. The maximum Gasteiger partial charge on any atom is 0.159 e. The lowest BCUT2D eigenvalue weighted by atomic mass is 9.93. The topological polar surface area (TPSA) is 63.0 Å². The van der Waals surface area contributed by atoms with Crippen LogP contribution < -0.4 is 5.32 Å². The Morgan fingerprint density at radius 1 is 0.444 bits per heavy atom. The summed E-state index contributed by atoms with van der Waals surface area (Å²) in [7, 11) is 0. The zero-order valence-corrected chi connectivity index (χ0v) is 29.0. The lowest BCUT2D eigenvalue weighted by molar-refractivity contribution is 0.668. The van der Waals surface area contributed by atoms with Crippen molar-refractivity contribution < 1.29 is 8.83 Å². The summed E-state index contributed by atoms with van der Waals surface area (Å²) < 4.78 is 12.8. The smallest absolute Gasteiger partial charge is 0.159 e. The monoisotopic (exact) mass is 693 g/mol. The molecule has 1 aliphatic heterocycles. The van der Waals surface area contributed by atoms with E-state index in [0.29, 0.717) is 5.84 Å². The molecule has 10 aromatic rings. The van der Waals surface area contributed by atoms with Crippen molar-refractivity contribution in [3.8, 4) is 22.3 Å². The molecule has 2 aromatic heterocycles. The molecule has 0 spiro atoms. The van der Waals surface area contributed by atoms with Crippen molar-refractivity contribution in [1.82, 2.24) is 5.32 Å². The molecule has 0 saturated heterocycles. The van der Waals surface area contributed by atoms with Gasteiger partial charge in [0.2, 0.25) is 0 Å². The quantitative estimate of drug-likeness (QED) is 0.195. The first-order valence-corrected chi connectivity index (χ1v) is 18.2. The molecule has 1 unspecified atom stereocenters. The summed E-state index contributed by atoms with van der Waals surface area (Å²) in [6.45, 7) is 0. The molecule has 254 valence electrons. The first-order chi connectivity index (χ1) is 26.7. The Hall–Kier alpha value is -7.24. The van der Waals surface area contributed by atoms with E-state index in [1.54, 1.807) is 0 Å². The third kappa shape index (κ3) is 5.01. The summed E-state index contributed by atoms with van der Waals surface area (Å²) >= 11 is 0. The average molecular weight is 694 g/mol. The maximum absolute atomic E-state index is 6.47. The molecule has 54 heavy (non-hydrogen) atoms. The molecule has 1 aliphatic rings. The van der Waals surface area contributed by atoms with Crippen molar-refractivity contribution in [2.75, 3.05) is 0 Å². The van der Waals surface area contributed by atoms with Crippen LogP contribution in [0.5, 0.6) is 0 Å². The van der Waals surface area contributed by atoms with E-state index in [9.17, 15) is 0 Å². The highest BCUT2D eigenvalue weighted by atomic mass is 16.3. The lowest BCUT2D eigenvalue weighted by Gasteiger charge is -2.25. The first kappa shape index (κ1) is 30.4. The maximum atomic E-state index is 6.47. The highest BCUT2D eigenvalue weighted by molar-refractivity contribution is 6.25. The van der Waals surface area contributed by atoms with Crippen LogP contribution in [0.1, 0.15) is 22.9 Å². The van der Waals surface area contributed by atoms with Gasteiger partial charge in [0.05, 0.1) is 0 Å². The lowest BCUT2D eigenvalue weighted by Crippen LogP contribution is -2.34. The Balaban J connectivity index is 1.10. The van der Waals surface area contributed by atoms with Crippen LogP contribution in [0.15, 0.2) is 195 Å². The van der Waals surface area contributed by atoms with Crippen LogP contribution >= 0.6 is 0 Å². The van der Waals surface area contributed by atoms with E-state index in [1.165, 1.54) is 16.5 Å². The number of hydrogen-bond donors (Lipinski definition) is 1. The molecule has 8 aromatic carbocycles. The van der Waals surface area contributed by atoms with Gasteiger partial charge in [0, 0.05) is 32.7 Å². The van der Waals surface area contributed by atoms with E-state index < -0.39 is 6.17 Å². The number of aliphatic imine (C=N–C) groups is 2. The highest BCUT2D eigenvalue weighted by Gasteiger charge is 2.27. The third-order valence-electron chi connectivity index (χ3n) is 10.5. The Morgan fingerprint density at radius 3 is 1.93 bits per heavy atom. The second kappa shape index (κ2) is 12.2. The summed E-state index contributed by atoms with van der Waals surface area (Å²) in [5, 5.41) is 10.3. The molecule has 0 bridgehead atoms. The molecule has 1 atom stereocenters. The van der Waals surface area contributed by atoms with Gasteiger partial charge in [0.15, 0.2) is 5.84 Å². The Labute approximate surface area is 310 Å². The summed E-state index contributed by atoms with van der Waals surface area (Å²) in [6, 6.07) is 61.0. The minimum Gasteiger partial charge on any atom is -0.456 e. The minimum absolute atomic E-state index is 0.398. The fourth-order valence-corrected chi connectivity index (χ4v) is 7.90. The number of nitrogens with one attached hydrogen (secondary N) is 1. The zero-order valence-electron chi connectivity index (χ0n) is 29.0. The van der Waals surface area contributed by atoms with Crippen molar-refractivity contribution >= 4 is 66.3 Å². The molecule has 0 saturated carbocycles. The van der Waals surface area contributed by atoms with Crippen LogP contribution in [-0.2, 0) is 0 Å².